The van der Waals surface area contributed by atoms with Crippen LogP contribution in [0.25, 0.3) is 11.6 Å². The van der Waals surface area contributed by atoms with Crippen LogP contribution in [0.2, 0.25) is 0 Å². The van der Waals surface area contributed by atoms with Gasteiger partial charge in [0.05, 0.1) is 0 Å². The van der Waals surface area contributed by atoms with Gasteiger partial charge < -0.3 is 0 Å². The average molecular weight is 308 g/mol. The van der Waals surface area contributed by atoms with Crippen molar-refractivity contribution in [1.82, 2.24) is 0 Å². The smallest absolute Gasteiger partial charge is 0.0275 e. The van der Waals surface area contributed by atoms with Gasteiger partial charge in [0.15, 0.2) is 0 Å². The molecule has 0 nitrogen and oxygen atoms in total. The maximum absolute atomic E-state index is 2.39. The Hall–Kier alpha value is -2.86. The number of fused-ring (bicyclic) bond motifs is 1. The van der Waals surface area contributed by atoms with E-state index in [0.717, 1.165) is 6.42 Å². The highest BCUT2D eigenvalue weighted by molar-refractivity contribution is 5.80. The molecule has 3 aromatic carbocycles. The number of hydrogen-bond acceptors (Lipinski definition) is 0. The van der Waals surface area contributed by atoms with Crippen LogP contribution in [0, 0.1) is 0 Å². The van der Waals surface area contributed by atoms with Gasteiger partial charge in [0.2, 0.25) is 0 Å². The van der Waals surface area contributed by atoms with Crippen molar-refractivity contribution in [3.05, 3.63) is 119 Å². The quantitative estimate of drug-likeness (QED) is 0.544. The topological polar surface area (TPSA) is 0 Å². The summed E-state index contributed by atoms with van der Waals surface area (Å²) in [4.78, 5) is 0. The van der Waals surface area contributed by atoms with E-state index in [4.69, 9.17) is 0 Å². The normalized spacial score (nSPS) is 14.4. The van der Waals surface area contributed by atoms with Crippen molar-refractivity contribution in [2.24, 2.45) is 0 Å². The van der Waals surface area contributed by atoms with Crippen LogP contribution in [0.5, 0.6) is 0 Å². The lowest BCUT2D eigenvalue weighted by Crippen LogP contribution is -1.98. The second-order valence-electron chi connectivity index (χ2n) is 6.18. The Morgan fingerprint density at radius 2 is 1.38 bits per heavy atom. The van der Waals surface area contributed by atoms with Crippen molar-refractivity contribution in [1.29, 1.82) is 0 Å². The summed E-state index contributed by atoms with van der Waals surface area (Å²) >= 11 is 0. The molecule has 0 fully saturated rings. The molecule has 3 aromatic rings. The first kappa shape index (κ1) is 14.7. The summed E-state index contributed by atoms with van der Waals surface area (Å²) in [5.41, 5.74) is 6.83. The molecule has 0 heterocycles. The Morgan fingerprint density at radius 1 is 0.708 bits per heavy atom. The fourth-order valence-corrected chi connectivity index (χ4v) is 3.43. The third-order valence-corrected chi connectivity index (χ3v) is 4.64. The summed E-state index contributed by atoms with van der Waals surface area (Å²) in [7, 11) is 0. The highest BCUT2D eigenvalue weighted by atomic mass is 14.2. The van der Waals surface area contributed by atoms with E-state index >= 15 is 0 Å². The summed E-state index contributed by atoms with van der Waals surface area (Å²) in [5.74, 6) is 0.287. The Bertz CT molecular complexity index is 870. The molecule has 1 aliphatic carbocycles. The van der Waals surface area contributed by atoms with Crippen LogP contribution in [0.3, 0.4) is 0 Å². The summed E-state index contributed by atoms with van der Waals surface area (Å²) in [6, 6.07) is 30.1. The van der Waals surface area contributed by atoms with Gasteiger partial charge in [-0.25, -0.2) is 0 Å². The molecule has 0 aliphatic heterocycles. The molecule has 0 unspecified atom stereocenters. The summed E-state index contributed by atoms with van der Waals surface area (Å²) in [5, 5.41) is 0. The first-order valence-corrected chi connectivity index (χ1v) is 8.48. The van der Waals surface area contributed by atoms with Crippen LogP contribution in [0.4, 0.5) is 0 Å². The Morgan fingerprint density at radius 3 is 2.17 bits per heavy atom. The zero-order valence-electron chi connectivity index (χ0n) is 13.6. The van der Waals surface area contributed by atoms with E-state index in [1.165, 1.54) is 27.8 Å². The van der Waals surface area contributed by atoms with E-state index in [-0.39, 0.29) is 5.92 Å². The van der Waals surface area contributed by atoms with Gasteiger partial charge in [-0.2, -0.15) is 0 Å². The molecule has 1 atom stereocenters. The minimum atomic E-state index is 0.287. The van der Waals surface area contributed by atoms with Gasteiger partial charge in [0.25, 0.3) is 0 Å². The van der Waals surface area contributed by atoms with E-state index in [1.54, 1.807) is 0 Å². The molecule has 0 amide bonds. The number of allylic oxidation sites excluding steroid dienone is 3. The molecule has 24 heavy (non-hydrogen) atoms. The standard InChI is InChI=1S/C24H20/c1-3-9-19(10-4-1)15-17-23(20-11-5-2-6-12-20)24-18-16-21-13-7-8-14-22(21)24/h1-15,17-18,23H,16H2/b17-15+/t23-/m1/s1. The Labute approximate surface area is 143 Å². The molecule has 0 saturated carbocycles. The first-order chi connectivity index (χ1) is 11.9. The fourth-order valence-electron chi connectivity index (χ4n) is 3.43. The Balaban J connectivity index is 1.74. The van der Waals surface area contributed by atoms with Gasteiger partial charge >= 0.3 is 0 Å². The van der Waals surface area contributed by atoms with Crippen LogP contribution in [0.15, 0.2) is 97.1 Å². The second-order valence-corrected chi connectivity index (χ2v) is 6.18. The van der Waals surface area contributed by atoms with Crippen molar-refractivity contribution in [3.63, 3.8) is 0 Å². The van der Waals surface area contributed by atoms with Crippen LogP contribution in [-0.2, 0) is 6.42 Å². The first-order valence-electron chi connectivity index (χ1n) is 8.48. The molecular weight excluding hydrogens is 288 g/mol. The third kappa shape index (κ3) is 2.96. The van der Waals surface area contributed by atoms with E-state index in [9.17, 15) is 0 Å². The largest absolute Gasteiger partial charge is 0.0753 e. The van der Waals surface area contributed by atoms with Crippen LogP contribution >= 0.6 is 0 Å². The van der Waals surface area contributed by atoms with Crippen molar-refractivity contribution < 1.29 is 0 Å². The van der Waals surface area contributed by atoms with Crippen molar-refractivity contribution in [3.8, 4) is 0 Å². The van der Waals surface area contributed by atoms with Crippen molar-refractivity contribution in [2.75, 3.05) is 0 Å². The minimum Gasteiger partial charge on any atom is -0.0753 e. The third-order valence-electron chi connectivity index (χ3n) is 4.64. The van der Waals surface area contributed by atoms with Gasteiger partial charge in [0.1, 0.15) is 0 Å². The summed E-state index contributed by atoms with van der Waals surface area (Å²) in [6.07, 6.45) is 7.99. The van der Waals surface area contributed by atoms with Gasteiger partial charge in [-0.3, -0.25) is 0 Å². The molecule has 0 heteroatoms. The SMILES string of the molecule is C1=C([C@H](/C=C/c2ccccc2)c2ccccc2)c2ccccc2C1. The van der Waals surface area contributed by atoms with Crippen LogP contribution in [-0.4, -0.2) is 0 Å². The van der Waals surface area contributed by atoms with E-state index in [0.29, 0.717) is 0 Å². The molecule has 116 valence electrons. The van der Waals surface area contributed by atoms with Crippen LogP contribution in [0.1, 0.15) is 28.2 Å². The lowest BCUT2D eigenvalue weighted by atomic mass is 9.87. The maximum atomic E-state index is 2.39. The number of hydrogen-bond donors (Lipinski definition) is 0. The van der Waals surface area contributed by atoms with E-state index in [1.807, 2.05) is 0 Å². The lowest BCUT2D eigenvalue weighted by Gasteiger charge is -2.17. The van der Waals surface area contributed by atoms with E-state index < -0.39 is 0 Å². The highest BCUT2D eigenvalue weighted by Gasteiger charge is 2.21. The summed E-state index contributed by atoms with van der Waals surface area (Å²) < 4.78 is 0. The zero-order valence-corrected chi connectivity index (χ0v) is 13.6. The van der Waals surface area contributed by atoms with Gasteiger partial charge in [-0.15, -0.1) is 0 Å². The predicted molar refractivity (Wildman–Crippen MR) is 103 cm³/mol. The maximum Gasteiger partial charge on any atom is 0.0275 e. The number of benzene rings is 3. The molecule has 0 saturated heterocycles. The molecule has 0 spiro atoms. The molecule has 1 aliphatic rings. The van der Waals surface area contributed by atoms with Crippen LogP contribution < -0.4 is 0 Å². The van der Waals surface area contributed by atoms with Gasteiger partial charge in [-0.1, -0.05) is 103 Å². The molecule has 0 aromatic heterocycles. The molecular formula is C24H20. The minimum absolute atomic E-state index is 0.287. The molecule has 0 N–H and O–H groups in total. The van der Waals surface area contributed by atoms with Gasteiger partial charge in [0, 0.05) is 5.92 Å². The van der Waals surface area contributed by atoms with Crippen molar-refractivity contribution in [2.45, 2.75) is 12.3 Å². The Kier molecular flexibility index (Phi) is 4.12. The molecule has 0 bridgehead atoms. The van der Waals surface area contributed by atoms with Gasteiger partial charge in [-0.05, 0) is 34.2 Å². The fraction of sp³-hybridized carbons (Fsp3) is 0.0833. The van der Waals surface area contributed by atoms with E-state index in [2.05, 4.69) is 103 Å². The average Bonchev–Trinajstić information content (AvgIpc) is 3.08. The predicted octanol–water partition coefficient (Wildman–Crippen LogP) is 6.12. The number of rotatable bonds is 4. The van der Waals surface area contributed by atoms with Crippen molar-refractivity contribution >= 4 is 11.6 Å². The second kappa shape index (κ2) is 6.72. The lowest BCUT2D eigenvalue weighted by molar-refractivity contribution is 1.11. The zero-order chi connectivity index (χ0) is 16.2. The molecule has 4 rings (SSSR count). The summed E-state index contributed by atoms with van der Waals surface area (Å²) in [6.45, 7) is 0. The monoisotopic (exact) mass is 308 g/mol. The molecule has 0 radical (unpaired) electrons. The highest BCUT2D eigenvalue weighted by Crippen LogP contribution is 2.39.